The monoisotopic (exact) mass is 327 g/mol. The van der Waals surface area contributed by atoms with Crippen molar-refractivity contribution in [2.24, 2.45) is 0 Å². The Morgan fingerprint density at radius 2 is 1.87 bits per heavy atom. The van der Waals surface area contributed by atoms with Gasteiger partial charge in [-0.05, 0) is 35.2 Å². The van der Waals surface area contributed by atoms with Gasteiger partial charge in [-0.3, -0.25) is 0 Å². The first-order chi connectivity index (χ1) is 10.8. The fourth-order valence-corrected chi connectivity index (χ4v) is 3.27. The summed E-state index contributed by atoms with van der Waals surface area (Å²) in [6, 6.07) is 14.8. The molecule has 0 N–H and O–H groups in total. The molecule has 118 valence electrons. The van der Waals surface area contributed by atoms with Gasteiger partial charge in [0, 0.05) is 18.1 Å². The van der Waals surface area contributed by atoms with Crippen LogP contribution in [0.1, 0.15) is 5.56 Å². The van der Waals surface area contributed by atoms with Crippen LogP contribution in [0.2, 0.25) is 0 Å². The van der Waals surface area contributed by atoms with Crippen LogP contribution in [-0.2, 0) is 13.0 Å². The number of hydrogen-bond acceptors (Lipinski definition) is 2. The molecule has 1 aromatic heterocycles. The van der Waals surface area contributed by atoms with Crippen LogP contribution in [0.15, 0.2) is 48.7 Å². The Hall–Kier alpha value is -2.26. The Morgan fingerprint density at radius 1 is 1.00 bits per heavy atom. The number of fused-ring (bicyclic) bond motifs is 4. The molecule has 1 aliphatic heterocycles. The number of benzene rings is 2. The molecule has 0 amide bonds. The van der Waals surface area contributed by atoms with E-state index in [1.807, 2.05) is 18.2 Å². The van der Waals surface area contributed by atoms with Crippen LogP contribution in [0.4, 0.5) is 0 Å². The Morgan fingerprint density at radius 3 is 2.65 bits per heavy atom. The predicted molar refractivity (Wildman–Crippen MR) is 86.4 cm³/mol. The molecule has 0 fully saturated rings. The van der Waals surface area contributed by atoms with Gasteiger partial charge in [0.25, 0.3) is 0 Å². The van der Waals surface area contributed by atoms with Crippen molar-refractivity contribution < 1.29 is 26.4 Å². The number of pyridine rings is 1. The minimum absolute atomic E-state index is 0. The highest BCUT2D eigenvalue weighted by molar-refractivity contribution is 5.89. The van der Waals surface area contributed by atoms with Gasteiger partial charge in [0.1, 0.15) is 11.5 Å². The zero-order chi connectivity index (χ0) is 15.1. The molecule has 0 saturated heterocycles. The first-order valence-electron chi connectivity index (χ1n) is 7.47. The summed E-state index contributed by atoms with van der Waals surface area (Å²) in [6.07, 6.45) is 3.22. The maximum absolute atomic E-state index is 5.49. The van der Waals surface area contributed by atoms with Crippen molar-refractivity contribution in [2.75, 3.05) is 14.2 Å². The average Bonchev–Trinajstić information content (AvgIpc) is 2.58. The number of aromatic nitrogens is 1. The summed E-state index contributed by atoms with van der Waals surface area (Å²) in [7, 11) is 3.44. The molecule has 0 bridgehead atoms. The van der Waals surface area contributed by atoms with Gasteiger partial charge in [-0.25, -0.2) is 0 Å². The van der Waals surface area contributed by atoms with Gasteiger partial charge in [0.2, 0.25) is 5.69 Å². The highest BCUT2D eigenvalue weighted by atomic mass is 35.5. The molecule has 23 heavy (non-hydrogen) atoms. The Balaban J connectivity index is 0.00000156. The van der Waals surface area contributed by atoms with Gasteiger partial charge in [-0.2, -0.15) is 4.57 Å². The average molecular weight is 328 g/mol. The fourth-order valence-electron chi connectivity index (χ4n) is 3.27. The van der Waals surface area contributed by atoms with E-state index < -0.39 is 0 Å². The molecular weight excluding hydrogens is 310 g/mol. The SMILES string of the molecule is COc1ccc2c(c1)CC[n+]1cc3c(OC)cccc3cc1-2.[Cl-]. The normalized spacial score (nSPS) is 12.1. The minimum atomic E-state index is 0. The Kier molecular flexibility index (Phi) is 4.14. The molecule has 0 aliphatic carbocycles. The number of aryl methyl sites for hydroxylation is 2. The highest BCUT2D eigenvalue weighted by Gasteiger charge is 2.24. The predicted octanol–water partition coefficient (Wildman–Crippen LogP) is 0.372. The van der Waals surface area contributed by atoms with E-state index in [0.717, 1.165) is 29.9 Å². The smallest absolute Gasteiger partial charge is 0.213 e. The molecular formula is C19H18ClNO2. The van der Waals surface area contributed by atoms with Crippen LogP contribution in [0, 0.1) is 0 Å². The van der Waals surface area contributed by atoms with Gasteiger partial charge < -0.3 is 21.9 Å². The second-order valence-electron chi connectivity index (χ2n) is 5.59. The number of hydrogen-bond donors (Lipinski definition) is 0. The first-order valence-corrected chi connectivity index (χ1v) is 7.47. The number of rotatable bonds is 2. The van der Waals surface area contributed by atoms with Crippen LogP contribution in [0.25, 0.3) is 22.0 Å². The van der Waals surface area contributed by atoms with Crippen molar-refractivity contribution in [3.8, 4) is 22.8 Å². The number of ether oxygens (including phenoxy) is 2. The summed E-state index contributed by atoms with van der Waals surface area (Å²) in [4.78, 5) is 0. The molecule has 3 aromatic rings. The quantitative estimate of drug-likeness (QED) is 0.635. The van der Waals surface area contributed by atoms with Crippen LogP contribution >= 0.6 is 0 Å². The van der Waals surface area contributed by atoms with Gasteiger partial charge in [0.05, 0.1) is 19.6 Å². The zero-order valence-corrected chi connectivity index (χ0v) is 13.9. The lowest BCUT2D eigenvalue weighted by molar-refractivity contribution is -0.686. The van der Waals surface area contributed by atoms with Crippen molar-refractivity contribution in [1.29, 1.82) is 0 Å². The van der Waals surface area contributed by atoms with E-state index in [-0.39, 0.29) is 12.4 Å². The summed E-state index contributed by atoms with van der Waals surface area (Å²) < 4.78 is 13.2. The fraction of sp³-hybridized carbons (Fsp3) is 0.211. The van der Waals surface area contributed by atoms with Gasteiger partial charge in [-0.1, -0.05) is 12.1 Å². The molecule has 4 rings (SSSR count). The molecule has 0 saturated carbocycles. The van der Waals surface area contributed by atoms with E-state index in [4.69, 9.17) is 9.47 Å². The first kappa shape index (κ1) is 15.6. The van der Waals surface area contributed by atoms with Crippen molar-refractivity contribution in [3.63, 3.8) is 0 Å². The minimum Gasteiger partial charge on any atom is -1.00 e. The van der Waals surface area contributed by atoms with Crippen molar-refractivity contribution in [1.82, 2.24) is 0 Å². The summed E-state index contributed by atoms with van der Waals surface area (Å²) in [5.41, 5.74) is 3.89. The second-order valence-corrected chi connectivity index (χ2v) is 5.59. The lowest BCUT2D eigenvalue weighted by Gasteiger charge is -2.16. The second kappa shape index (κ2) is 6.09. The lowest BCUT2D eigenvalue weighted by atomic mass is 9.95. The van der Waals surface area contributed by atoms with Crippen LogP contribution in [0.5, 0.6) is 11.5 Å². The van der Waals surface area contributed by atoms with E-state index in [0.29, 0.717) is 0 Å². The van der Waals surface area contributed by atoms with Crippen LogP contribution in [0.3, 0.4) is 0 Å². The molecule has 0 radical (unpaired) electrons. The molecule has 2 heterocycles. The van der Waals surface area contributed by atoms with Gasteiger partial charge >= 0.3 is 0 Å². The third kappa shape index (κ3) is 2.51. The van der Waals surface area contributed by atoms with Crippen molar-refractivity contribution in [2.45, 2.75) is 13.0 Å². The van der Waals surface area contributed by atoms with Crippen LogP contribution < -0.4 is 26.4 Å². The van der Waals surface area contributed by atoms with E-state index in [1.54, 1.807) is 14.2 Å². The molecule has 3 nitrogen and oxygen atoms in total. The van der Waals surface area contributed by atoms with Crippen molar-refractivity contribution in [3.05, 3.63) is 54.2 Å². The molecule has 0 atom stereocenters. The molecule has 0 unspecified atom stereocenters. The number of halogens is 1. The van der Waals surface area contributed by atoms with Gasteiger partial charge in [0.15, 0.2) is 12.7 Å². The zero-order valence-electron chi connectivity index (χ0n) is 13.2. The third-order valence-electron chi connectivity index (χ3n) is 4.42. The molecule has 2 aromatic carbocycles. The molecule has 0 spiro atoms. The number of nitrogens with zero attached hydrogens (tertiary/aromatic N) is 1. The maximum Gasteiger partial charge on any atom is 0.213 e. The third-order valence-corrected chi connectivity index (χ3v) is 4.42. The Bertz CT molecular complexity index is 877. The summed E-state index contributed by atoms with van der Waals surface area (Å²) in [5, 5.41) is 2.36. The van der Waals surface area contributed by atoms with E-state index in [1.165, 1.54) is 22.2 Å². The summed E-state index contributed by atoms with van der Waals surface area (Å²) in [6.45, 7) is 0.976. The number of methoxy groups -OCH3 is 2. The van der Waals surface area contributed by atoms with Crippen LogP contribution in [-0.4, -0.2) is 14.2 Å². The van der Waals surface area contributed by atoms with E-state index >= 15 is 0 Å². The Labute approximate surface area is 141 Å². The van der Waals surface area contributed by atoms with Gasteiger partial charge in [-0.15, -0.1) is 0 Å². The van der Waals surface area contributed by atoms with Crippen molar-refractivity contribution >= 4 is 10.8 Å². The lowest BCUT2D eigenvalue weighted by Crippen LogP contribution is -3.00. The summed E-state index contributed by atoms with van der Waals surface area (Å²) in [5.74, 6) is 1.85. The molecule has 4 heteroatoms. The topological polar surface area (TPSA) is 22.3 Å². The maximum atomic E-state index is 5.49. The summed E-state index contributed by atoms with van der Waals surface area (Å²) >= 11 is 0. The van der Waals surface area contributed by atoms with E-state index in [9.17, 15) is 0 Å². The largest absolute Gasteiger partial charge is 1.00 e. The highest BCUT2D eigenvalue weighted by Crippen LogP contribution is 2.32. The molecule has 1 aliphatic rings. The van der Waals surface area contributed by atoms with E-state index in [2.05, 4.69) is 35.0 Å². The standard InChI is InChI=1S/C19H18NO2.ClH/c1-21-15-6-7-16-14(10-15)8-9-20-12-17-13(11-18(16)20)4-3-5-19(17)22-2;/h3-7,10-12H,8-9H2,1-2H3;1H/q+1;/p-1.